The number of benzene rings is 1. The molecule has 0 saturated heterocycles. The minimum Gasteiger partial charge on any atom is -0.399 e. The fourth-order valence-corrected chi connectivity index (χ4v) is 3.39. The molecule has 0 saturated carbocycles. The lowest BCUT2D eigenvalue weighted by molar-refractivity contribution is 0.566. The zero-order valence-corrected chi connectivity index (χ0v) is 13.7. The van der Waals surface area contributed by atoms with E-state index in [0.717, 1.165) is 11.8 Å². The first kappa shape index (κ1) is 15.8. The average molecular weight is 377 g/mol. The lowest BCUT2D eigenvalue weighted by atomic mass is 10.1. The van der Waals surface area contributed by atoms with E-state index in [1.54, 1.807) is 6.07 Å². The third-order valence-electron chi connectivity index (χ3n) is 2.77. The van der Waals surface area contributed by atoms with Crippen molar-refractivity contribution in [2.45, 2.75) is 24.7 Å². The molecule has 6 nitrogen and oxygen atoms in total. The van der Waals surface area contributed by atoms with Crippen LogP contribution in [-0.2, 0) is 10.0 Å². The summed E-state index contributed by atoms with van der Waals surface area (Å²) in [6, 6.07) is 3.90. The van der Waals surface area contributed by atoms with Gasteiger partial charge in [-0.05, 0) is 34.0 Å². The number of nitrogens with one attached hydrogen (secondary N) is 2. The number of aromatic amines is 1. The van der Waals surface area contributed by atoms with Gasteiger partial charge in [-0.1, -0.05) is 13.8 Å². The van der Waals surface area contributed by atoms with Gasteiger partial charge < -0.3 is 5.73 Å². The Labute approximate surface area is 130 Å². The zero-order valence-electron chi connectivity index (χ0n) is 11.3. The molecule has 1 aromatic carbocycles. The van der Waals surface area contributed by atoms with Crippen molar-refractivity contribution in [3.63, 3.8) is 0 Å². The molecule has 0 spiro atoms. The molecule has 114 valence electrons. The highest BCUT2D eigenvalue weighted by molar-refractivity contribution is 9.10. The van der Waals surface area contributed by atoms with Gasteiger partial charge in [0.25, 0.3) is 10.0 Å². The van der Waals surface area contributed by atoms with Gasteiger partial charge in [0, 0.05) is 17.4 Å². The summed E-state index contributed by atoms with van der Waals surface area (Å²) in [6.07, 6.45) is 0. The first-order valence-corrected chi connectivity index (χ1v) is 8.31. The molecule has 0 bridgehead atoms. The molecule has 9 heteroatoms. The van der Waals surface area contributed by atoms with E-state index in [0.29, 0.717) is 0 Å². The predicted molar refractivity (Wildman–Crippen MR) is 82.0 cm³/mol. The minimum atomic E-state index is -4.12. The lowest BCUT2D eigenvalue weighted by Gasteiger charge is -2.08. The SMILES string of the molecule is CC(C)c1cc(NS(=O)(=O)c2cc(N)cc(Br)c2F)n[nH]1. The molecule has 4 N–H and O–H groups in total. The molecule has 0 radical (unpaired) electrons. The summed E-state index contributed by atoms with van der Waals surface area (Å²) in [5, 5.41) is 6.55. The monoisotopic (exact) mass is 376 g/mol. The Morgan fingerprint density at radius 1 is 1.38 bits per heavy atom. The normalized spacial score (nSPS) is 11.9. The van der Waals surface area contributed by atoms with Crippen LogP contribution in [0.4, 0.5) is 15.9 Å². The third-order valence-corrected chi connectivity index (χ3v) is 4.70. The number of rotatable bonds is 4. The second-order valence-electron chi connectivity index (χ2n) is 4.78. The summed E-state index contributed by atoms with van der Waals surface area (Å²) in [7, 11) is -4.12. The van der Waals surface area contributed by atoms with Crippen molar-refractivity contribution in [1.82, 2.24) is 10.2 Å². The molecular formula is C12H14BrFN4O2S. The van der Waals surface area contributed by atoms with E-state index in [2.05, 4.69) is 30.8 Å². The average Bonchev–Trinajstić information content (AvgIpc) is 2.81. The Morgan fingerprint density at radius 3 is 2.62 bits per heavy atom. The molecule has 0 unspecified atom stereocenters. The van der Waals surface area contributed by atoms with Crippen LogP contribution in [0, 0.1) is 5.82 Å². The molecule has 21 heavy (non-hydrogen) atoms. The standard InChI is InChI=1S/C12H14BrFN4O2S/c1-6(2)9-5-11(17-16-9)18-21(19,20)10-4-7(15)3-8(13)12(10)14/h3-6H,15H2,1-2H3,(H2,16,17,18). The summed E-state index contributed by atoms with van der Waals surface area (Å²) in [5.41, 5.74) is 6.45. The third kappa shape index (κ3) is 3.35. The van der Waals surface area contributed by atoms with Gasteiger partial charge in [-0.2, -0.15) is 5.10 Å². The van der Waals surface area contributed by atoms with E-state index in [1.165, 1.54) is 6.07 Å². The molecular weight excluding hydrogens is 363 g/mol. The number of H-pyrrole nitrogens is 1. The molecule has 0 aliphatic rings. The highest BCUT2D eigenvalue weighted by atomic mass is 79.9. The second kappa shape index (κ2) is 5.64. The minimum absolute atomic E-state index is 0.0206. The molecule has 2 aromatic rings. The Bertz CT molecular complexity index is 774. The summed E-state index contributed by atoms with van der Waals surface area (Å²) in [6.45, 7) is 3.86. The number of aromatic nitrogens is 2. The van der Waals surface area contributed by atoms with Crippen LogP contribution in [0.5, 0.6) is 0 Å². The zero-order chi connectivity index (χ0) is 15.8. The lowest BCUT2D eigenvalue weighted by Crippen LogP contribution is -2.15. The molecule has 0 fully saturated rings. The summed E-state index contributed by atoms with van der Waals surface area (Å²) in [4.78, 5) is -0.538. The van der Waals surface area contributed by atoms with Crippen LogP contribution in [0.1, 0.15) is 25.5 Å². The molecule has 1 heterocycles. The highest BCUT2D eigenvalue weighted by Gasteiger charge is 2.23. The smallest absolute Gasteiger partial charge is 0.266 e. The first-order chi connectivity index (χ1) is 9.70. The van der Waals surface area contributed by atoms with E-state index >= 15 is 0 Å². The number of hydrogen-bond acceptors (Lipinski definition) is 4. The maximum Gasteiger partial charge on any atom is 0.266 e. The van der Waals surface area contributed by atoms with Gasteiger partial charge in [-0.25, -0.2) is 12.8 Å². The predicted octanol–water partition coefficient (Wildman–Crippen LogP) is 2.82. The van der Waals surface area contributed by atoms with Crippen molar-refractivity contribution in [3.8, 4) is 0 Å². The fourth-order valence-electron chi connectivity index (χ4n) is 1.66. The summed E-state index contributed by atoms with van der Waals surface area (Å²) >= 11 is 2.93. The van der Waals surface area contributed by atoms with Crippen LogP contribution in [0.15, 0.2) is 27.6 Å². The second-order valence-corrected chi connectivity index (χ2v) is 7.29. The summed E-state index contributed by atoms with van der Waals surface area (Å²) in [5.74, 6) is -0.651. The van der Waals surface area contributed by atoms with E-state index in [1.807, 2.05) is 13.8 Å². The van der Waals surface area contributed by atoms with Crippen molar-refractivity contribution in [1.29, 1.82) is 0 Å². The Kier molecular flexibility index (Phi) is 4.24. The van der Waals surface area contributed by atoms with Gasteiger partial charge in [0.2, 0.25) is 0 Å². The Morgan fingerprint density at radius 2 is 2.05 bits per heavy atom. The van der Waals surface area contributed by atoms with E-state index in [9.17, 15) is 12.8 Å². The number of nitrogen functional groups attached to an aromatic ring is 1. The Hall–Kier alpha value is -1.61. The summed E-state index contributed by atoms with van der Waals surface area (Å²) < 4.78 is 40.6. The molecule has 0 amide bonds. The van der Waals surface area contributed by atoms with E-state index in [-0.39, 0.29) is 21.9 Å². The van der Waals surface area contributed by atoms with Crippen LogP contribution in [0.3, 0.4) is 0 Å². The molecule has 0 atom stereocenters. The van der Waals surface area contributed by atoms with Gasteiger partial charge in [0.15, 0.2) is 11.6 Å². The Balaban J connectivity index is 2.38. The quantitative estimate of drug-likeness (QED) is 0.714. The number of nitrogens with two attached hydrogens (primary N) is 1. The topological polar surface area (TPSA) is 101 Å². The van der Waals surface area contributed by atoms with Crippen molar-refractivity contribution in [3.05, 3.63) is 34.2 Å². The van der Waals surface area contributed by atoms with Crippen LogP contribution in [0.2, 0.25) is 0 Å². The maximum atomic E-state index is 14.0. The van der Waals surface area contributed by atoms with Crippen LogP contribution in [0.25, 0.3) is 0 Å². The number of nitrogens with zero attached hydrogens (tertiary/aromatic N) is 1. The van der Waals surface area contributed by atoms with Crippen molar-refractivity contribution < 1.29 is 12.8 Å². The van der Waals surface area contributed by atoms with E-state index < -0.39 is 20.7 Å². The van der Waals surface area contributed by atoms with Crippen LogP contribution in [-0.4, -0.2) is 18.6 Å². The van der Waals surface area contributed by atoms with Crippen LogP contribution < -0.4 is 10.5 Å². The maximum absolute atomic E-state index is 14.0. The van der Waals surface area contributed by atoms with Gasteiger partial charge in [-0.3, -0.25) is 9.82 Å². The van der Waals surface area contributed by atoms with Crippen LogP contribution >= 0.6 is 15.9 Å². The number of sulfonamides is 1. The van der Waals surface area contributed by atoms with Gasteiger partial charge in [0.05, 0.1) is 4.47 Å². The number of halogens is 2. The molecule has 0 aliphatic heterocycles. The molecule has 1 aromatic heterocycles. The van der Waals surface area contributed by atoms with Gasteiger partial charge in [0.1, 0.15) is 4.90 Å². The largest absolute Gasteiger partial charge is 0.399 e. The molecule has 0 aliphatic carbocycles. The number of anilines is 2. The van der Waals surface area contributed by atoms with E-state index in [4.69, 9.17) is 5.73 Å². The van der Waals surface area contributed by atoms with Gasteiger partial charge in [-0.15, -0.1) is 0 Å². The first-order valence-electron chi connectivity index (χ1n) is 6.03. The molecule has 2 rings (SSSR count). The van der Waals surface area contributed by atoms with Gasteiger partial charge >= 0.3 is 0 Å². The fraction of sp³-hybridized carbons (Fsp3) is 0.250. The highest BCUT2D eigenvalue weighted by Crippen LogP contribution is 2.27. The number of hydrogen-bond donors (Lipinski definition) is 3. The van der Waals surface area contributed by atoms with Crippen molar-refractivity contribution >= 4 is 37.5 Å². The van der Waals surface area contributed by atoms with Crippen molar-refractivity contribution in [2.75, 3.05) is 10.5 Å². The van der Waals surface area contributed by atoms with Crippen molar-refractivity contribution in [2.24, 2.45) is 0 Å².